The Bertz CT molecular complexity index is 405. The zero-order chi connectivity index (χ0) is 13.0. The summed E-state index contributed by atoms with van der Waals surface area (Å²) in [5.41, 5.74) is 5.94. The minimum absolute atomic E-state index is 0.0635. The van der Waals surface area contributed by atoms with Gasteiger partial charge in [0.1, 0.15) is 0 Å². The van der Waals surface area contributed by atoms with Crippen molar-refractivity contribution in [2.24, 2.45) is 11.7 Å². The van der Waals surface area contributed by atoms with Crippen LogP contribution in [0.1, 0.15) is 37.4 Å². The van der Waals surface area contributed by atoms with Gasteiger partial charge >= 0.3 is 0 Å². The highest BCUT2D eigenvalue weighted by Gasteiger charge is 2.25. The SMILES string of the molecule is Cc1noc(CCNC(=O)C[C@@H]2CCC[C@H]2N)n1. The molecule has 0 spiro atoms. The minimum atomic E-state index is 0.0635. The molecular formula is C12H20N4O2. The Hall–Kier alpha value is -1.43. The molecule has 1 aliphatic carbocycles. The lowest BCUT2D eigenvalue weighted by atomic mass is 10.00. The highest BCUT2D eigenvalue weighted by Crippen LogP contribution is 2.26. The zero-order valence-electron chi connectivity index (χ0n) is 10.7. The van der Waals surface area contributed by atoms with E-state index in [4.69, 9.17) is 10.3 Å². The molecule has 1 aliphatic rings. The normalized spacial score (nSPS) is 23.2. The van der Waals surface area contributed by atoms with Crippen LogP contribution in [0.3, 0.4) is 0 Å². The predicted molar refractivity (Wildman–Crippen MR) is 65.7 cm³/mol. The zero-order valence-corrected chi connectivity index (χ0v) is 10.7. The lowest BCUT2D eigenvalue weighted by Gasteiger charge is -2.14. The van der Waals surface area contributed by atoms with Gasteiger partial charge in [-0.15, -0.1) is 0 Å². The van der Waals surface area contributed by atoms with Crippen molar-refractivity contribution < 1.29 is 9.32 Å². The number of hydrogen-bond acceptors (Lipinski definition) is 5. The second kappa shape index (κ2) is 5.95. The first-order valence-electron chi connectivity index (χ1n) is 6.46. The van der Waals surface area contributed by atoms with E-state index in [2.05, 4.69) is 15.5 Å². The summed E-state index contributed by atoms with van der Waals surface area (Å²) in [6.07, 6.45) is 4.35. The number of amides is 1. The van der Waals surface area contributed by atoms with Crippen LogP contribution in [0.25, 0.3) is 0 Å². The van der Waals surface area contributed by atoms with Crippen LogP contribution in [0.5, 0.6) is 0 Å². The van der Waals surface area contributed by atoms with Gasteiger partial charge in [0.15, 0.2) is 5.82 Å². The Kier molecular flexibility index (Phi) is 4.30. The van der Waals surface area contributed by atoms with Crippen LogP contribution < -0.4 is 11.1 Å². The predicted octanol–water partition coefficient (Wildman–Crippen LogP) is 0.554. The van der Waals surface area contributed by atoms with Gasteiger partial charge in [0, 0.05) is 25.4 Å². The van der Waals surface area contributed by atoms with Gasteiger partial charge in [-0.25, -0.2) is 0 Å². The van der Waals surface area contributed by atoms with Gasteiger partial charge < -0.3 is 15.6 Å². The molecule has 0 aromatic carbocycles. The van der Waals surface area contributed by atoms with Crippen LogP contribution in [-0.4, -0.2) is 28.6 Å². The summed E-state index contributed by atoms with van der Waals surface area (Å²) >= 11 is 0. The van der Waals surface area contributed by atoms with Crippen molar-refractivity contribution in [3.05, 3.63) is 11.7 Å². The standard InChI is InChI=1S/C12H20N4O2/c1-8-15-12(18-16-8)5-6-14-11(17)7-9-3-2-4-10(9)13/h9-10H,2-7,13H2,1H3,(H,14,17)/t9-,10+/m0/s1. The minimum Gasteiger partial charge on any atom is -0.356 e. The van der Waals surface area contributed by atoms with Crippen molar-refractivity contribution in [2.75, 3.05) is 6.54 Å². The molecule has 3 N–H and O–H groups in total. The number of carbonyl (C=O) groups excluding carboxylic acids is 1. The first-order valence-corrected chi connectivity index (χ1v) is 6.46. The highest BCUT2D eigenvalue weighted by atomic mass is 16.5. The Morgan fingerprint density at radius 2 is 2.39 bits per heavy atom. The molecule has 0 bridgehead atoms. The maximum absolute atomic E-state index is 11.7. The van der Waals surface area contributed by atoms with Crippen LogP contribution in [0.15, 0.2) is 4.52 Å². The van der Waals surface area contributed by atoms with E-state index in [1.165, 1.54) is 0 Å². The van der Waals surface area contributed by atoms with E-state index in [1.807, 2.05) is 0 Å². The average molecular weight is 252 g/mol. The molecule has 1 amide bonds. The smallest absolute Gasteiger partial charge is 0.228 e. The van der Waals surface area contributed by atoms with Gasteiger partial charge in [-0.3, -0.25) is 4.79 Å². The first kappa shape index (κ1) is 13.0. The summed E-state index contributed by atoms with van der Waals surface area (Å²) in [6.45, 7) is 2.30. The number of hydrogen-bond donors (Lipinski definition) is 2. The molecule has 0 radical (unpaired) electrons. The molecular weight excluding hydrogens is 232 g/mol. The molecule has 100 valence electrons. The quantitative estimate of drug-likeness (QED) is 0.798. The molecule has 0 unspecified atom stereocenters. The van der Waals surface area contributed by atoms with Crippen molar-refractivity contribution in [1.82, 2.24) is 15.5 Å². The van der Waals surface area contributed by atoms with Gasteiger partial charge in [-0.1, -0.05) is 11.6 Å². The van der Waals surface area contributed by atoms with E-state index >= 15 is 0 Å². The number of nitrogens with one attached hydrogen (secondary N) is 1. The Morgan fingerprint density at radius 3 is 3.00 bits per heavy atom. The molecule has 1 fully saturated rings. The van der Waals surface area contributed by atoms with Gasteiger partial charge in [-0.2, -0.15) is 4.98 Å². The second-order valence-corrected chi connectivity index (χ2v) is 4.89. The maximum Gasteiger partial charge on any atom is 0.228 e. The summed E-state index contributed by atoms with van der Waals surface area (Å²) in [4.78, 5) is 15.8. The molecule has 1 heterocycles. The molecule has 1 aromatic rings. The Balaban J connectivity index is 1.65. The lowest BCUT2D eigenvalue weighted by Crippen LogP contribution is -2.32. The van der Waals surface area contributed by atoms with Crippen molar-refractivity contribution >= 4 is 5.91 Å². The molecule has 18 heavy (non-hydrogen) atoms. The Morgan fingerprint density at radius 1 is 1.56 bits per heavy atom. The summed E-state index contributed by atoms with van der Waals surface area (Å²) in [6, 6.07) is 0.189. The van der Waals surface area contributed by atoms with Gasteiger partial charge in [0.25, 0.3) is 0 Å². The number of carbonyl (C=O) groups is 1. The van der Waals surface area contributed by atoms with Crippen LogP contribution in [0.2, 0.25) is 0 Å². The van der Waals surface area contributed by atoms with E-state index in [9.17, 15) is 4.79 Å². The van der Waals surface area contributed by atoms with Gasteiger partial charge in [0.05, 0.1) is 0 Å². The van der Waals surface area contributed by atoms with Crippen LogP contribution >= 0.6 is 0 Å². The third kappa shape index (κ3) is 3.53. The van der Waals surface area contributed by atoms with E-state index in [0.717, 1.165) is 19.3 Å². The summed E-state index contributed by atoms with van der Waals surface area (Å²) < 4.78 is 4.96. The van der Waals surface area contributed by atoms with E-state index < -0.39 is 0 Å². The average Bonchev–Trinajstić information content (AvgIpc) is 2.89. The highest BCUT2D eigenvalue weighted by molar-refractivity contribution is 5.76. The molecule has 2 atom stereocenters. The van der Waals surface area contributed by atoms with Crippen molar-refractivity contribution in [3.63, 3.8) is 0 Å². The lowest BCUT2D eigenvalue weighted by molar-refractivity contribution is -0.122. The molecule has 0 aliphatic heterocycles. The number of aryl methyl sites for hydroxylation is 1. The monoisotopic (exact) mass is 252 g/mol. The van der Waals surface area contributed by atoms with E-state index in [0.29, 0.717) is 37.0 Å². The maximum atomic E-state index is 11.7. The number of nitrogens with two attached hydrogens (primary N) is 1. The molecule has 1 aromatic heterocycles. The molecule has 0 saturated heterocycles. The largest absolute Gasteiger partial charge is 0.356 e. The molecule has 6 heteroatoms. The fraction of sp³-hybridized carbons (Fsp3) is 0.750. The number of aromatic nitrogens is 2. The van der Waals surface area contributed by atoms with Gasteiger partial charge in [0.2, 0.25) is 11.8 Å². The topological polar surface area (TPSA) is 94.0 Å². The van der Waals surface area contributed by atoms with Crippen molar-refractivity contribution in [2.45, 2.75) is 45.1 Å². The van der Waals surface area contributed by atoms with Crippen LogP contribution in [-0.2, 0) is 11.2 Å². The third-order valence-corrected chi connectivity index (χ3v) is 3.40. The van der Waals surface area contributed by atoms with Crippen LogP contribution in [0, 0.1) is 12.8 Å². The summed E-state index contributed by atoms with van der Waals surface area (Å²) in [5.74, 6) is 1.59. The van der Waals surface area contributed by atoms with E-state index in [-0.39, 0.29) is 11.9 Å². The first-order chi connectivity index (χ1) is 8.65. The molecule has 1 saturated carbocycles. The number of rotatable bonds is 5. The van der Waals surface area contributed by atoms with Gasteiger partial charge in [-0.05, 0) is 25.7 Å². The fourth-order valence-electron chi connectivity index (χ4n) is 2.38. The van der Waals surface area contributed by atoms with Crippen LogP contribution in [0.4, 0.5) is 0 Å². The molecule has 2 rings (SSSR count). The van der Waals surface area contributed by atoms with Crippen molar-refractivity contribution in [3.8, 4) is 0 Å². The fourth-order valence-corrected chi connectivity index (χ4v) is 2.38. The number of nitrogens with zero attached hydrogens (tertiary/aromatic N) is 2. The van der Waals surface area contributed by atoms with Crippen molar-refractivity contribution in [1.29, 1.82) is 0 Å². The van der Waals surface area contributed by atoms with E-state index in [1.54, 1.807) is 6.92 Å². The summed E-state index contributed by atoms with van der Waals surface area (Å²) in [7, 11) is 0. The molecule has 6 nitrogen and oxygen atoms in total. The second-order valence-electron chi connectivity index (χ2n) is 4.89. The third-order valence-electron chi connectivity index (χ3n) is 3.40. The Labute approximate surface area is 106 Å². The summed E-state index contributed by atoms with van der Waals surface area (Å²) in [5, 5.41) is 6.56.